The molecular formula is C9H19N3O4. The van der Waals surface area contributed by atoms with Crippen LogP contribution in [0.1, 0.15) is 6.92 Å². The molecule has 0 aliphatic rings. The Balaban J connectivity index is 4.28. The second-order valence-electron chi connectivity index (χ2n) is 3.28. The highest BCUT2D eigenvalue weighted by Crippen LogP contribution is 1.98. The van der Waals surface area contributed by atoms with Crippen LogP contribution < -0.4 is 11.1 Å². The van der Waals surface area contributed by atoms with Gasteiger partial charge in [0.2, 0.25) is 5.91 Å². The second kappa shape index (κ2) is 8.03. The number of nitrogens with two attached hydrogens (primary N) is 1. The fourth-order valence-electron chi connectivity index (χ4n) is 1.23. The molecule has 4 N–H and O–H groups in total. The summed E-state index contributed by atoms with van der Waals surface area (Å²) in [4.78, 5) is 23.7. The Morgan fingerprint density at radius 3 is 2.56 bits per heavy atom. The van der Waals surface area contributed by atoms with E-state index in [2.05, 4.69) is 0 Å². The Morgan fingerprint density at radius 2 is 2.12 bits per heavy atom. The molecule has 0 fully saturated rings. The van der Waals surface area contributed by atoms with E-state index in [4.69, 9.17) is 15.6 Å². The summed E-state index contributed by atoms with van der Waals surface area (Å²) in [5.41, 5.74) is 4.84. The van der Waals surface area contributed by atoms with Gasteiger partial charge in [-0.15, -0.1) is 0 Å². The van der Waals surface area contributed by atoms with E-state index < -0.39 is 18.0 Å². The number of nitrogens with one attached hydrogen (secondary N) is 1. The van der Waals surface area contributed by atoms with Crippen LogP contribution >= 0.6 is 0 Å². The molecule has 0 radical (unpaired) electrons. The van der Waals surface area contributed by atoms with Gasteiger partial charge in [-0.1, -0.05) is 0 Å². The van der Waals surface area contributed by atoms with Gasteiger partial charge in [-0.3, -0.25) is 15.0 Å². The Labute approximate surface area is 94.5 Å². The zero-order valence-corrected chi connectivity index (χ0v) is 9.60. The third-order valence-electron chi connectivity index (χ3n) is 2.14. The molecule has 0 aromatic rings. The number of hydrogen-bond acceptors (Lipinski definition) is 5. The normalized spacial score (nSPS) is 12.5. The van der Waals surface area contributed by atoms with Crippen molar-refractivity contribution in [2.24, 2.45) is 5.73 Å². The number of urea groups is 1. The lowest BCUT2D eigenvalue weighted by Gasteiger charge is -2.26. The first-order valence-corrected chi connectivity index (χ1v) is 4.97. The van der Waals surface area contributed by atoms with Gasteiger partial charge in [0.05, 0.1) is 19.3 Å². The fourth-order valence-corrected chi connectivity index (χ4v) is 1.23. The van der Waals surface area contributed by atoms with Crippen molar-refractivity contribution in [2.75, 3.05) is 33.4 Å². The van der Waals surface area contributed by atoms with Crippen molar-refractivity contribution in [1.82, 2.24) is 10.2 Å². The molecule has 7 heteroatoms. The molecule has 0 rings (SSSR count). The Hall–Kier alpha value is -1.18. The lowest BCUT2D eigenvalue weighted by atomic mass is 10.2. The van der Waals surface area contributed by atoms with Crippen LogP contribution in [0.15, 0.2) is 0 Å². The summed E-state index contributed by atoms with van der Waals surface area (Å²) < 4.78 is 4.88. The number of nitrogens with zero attached hydrogens (tertiary/aromatic N) is 1. The minimum Gasteiger partial charge on any atom is -0.395 e. The molecule has 0 bridgehead atoms. The molecule has 0 aromatic heterocycles. The maximum atomic E-state index is 11.5. The lowest BCUT2D eigenvalue weighted by Crippen LogP contribution is -2.50. The van der Waals surface area contributed by atoms with E-state index in [0.29, 0.717) is 19.7 Å². The van der Waals surface area contributed by atoms with E-state index in [0.717, 1.165) is 0 Å². The molecule has 0 aliphatic heterocycles. The molecule has 16 heavy (non-hydrogen) atoms. The molecule has 0 aliphatic carbocycles. The van der Waals surface area contributed by atoms with Crippen LogP contribution in [0.2, 0.25) is 0 Å². The summed E-state index contributed by atoms with van der Waals surface area (Å²) in [6.45, 7) is 2.82. The summed E-state index contributed by atoms with van der Waals surface area (Å²) in [5, 5.41) is 10.8. The molecule has 94 valence electrons. The molecule has 7 nitrogen and oxygen atoms in total. The Kier molecular flexibility index (Phi) is 7.44. The van der Waals surface area contributed by atoms with Gasteiger partial charge in [0.1, 0.15) is 0 Å². The lowest BCUT2D eigenvalue weighted by molar-refractivity contribution is -0.125. The van der Waals surface area contributed by atoms with Gasteiger partial charge in [-0.25, -0.2) is 4.79 Å². The van der Waals surface area contributed by atoms with Crippen LogP contribution in [0, 0.1) is 0 Å². The smallest absolute Gasteiger partial charge is 0.318 e. The third kappa shape index (κ3) is 5.64. The maximum Gasteiger partial charge on any atom is 0.318 e. The number of ether oxygens (including phenoxy) is 1. The number of imide groups is 1. The quantitative estimate of drug-likeness (QED) is 0.497. The summed E-state index contributed by atoms with van der Waals surface area (Å²) in [6.07, 6.45) is 0. The molecular weight excluding hydrogens is 214 g/mol. The van der Waals surface area contributed by atoms with Gasteiger partial charge in [0.15, 0.2) is 0 Å². The first-order chi connectivity index (χ1) is 7.52. The van der Waals surface area contributed by atoms with E-state index in [9.17, 15) is 9.59 Å². The van der Waals surface area contributed by atoms with Crippen molar-refractivity contribution in [3.63, 3.8) is 0 Å². The van der Waals surface area contributed by atoms with E-state index in [1.165, 1.54) is 0 Å². The van der Waals surface area contributed by atoms with Crippen molar-refractivity contribution in [2.45, 2.75) is 13.0 Å². The molecule has 0 saturated carbocycles. The highest BCUT2D eigenvalue weighted by Gasteiger charge is 2.21. The van der Waals surface area contributed by atoms with Crippen LogP contribution in [-0.2, 0) is 9.53 Å². The van der Waals surface area contributed by atoms with Crippen molar-refractivity contribution in [3.8, 4) is 0 Å². The topological polar surface area (TPSA) is 105 Å². The average Bonchev–Trinajstić information content (AvgIpc) is 2.22. The van der Waals surface area contributed by atoms with Crippen molar-refractivity contribution >= 4 is 11.9 Å². The van der Waals surface area contributed by atoms with E-state index in [1.54, 1.807) is 18.9 Å². The zero-order chi connectivity index (χ0) is 12.6. The number of hydrogen-bond donors (Lipinski definition) is 3. The predicted octanol–water partition coefficient (Wildman–Crippen LogP) is -1.49. The Bertz CT molecular complexity index is 235. The predicted molar refractivity (Wildman–Crippen MR) is 57.7 cm³/mol. The standard InChI is InChI=1S/C9H19N3O4/c1-7(8(14)11-9(10)15)12(3-5-13)4-6-16-2/h7,13H,3-6H2,1-2H3,(H3,10,11,14,15). The van der Waals surface area contributed by atoms with E-state index >= 15 is 0 Å². The third-order valence-corrected chi connectivity index (χ3v) is 2.14. The van der Waals surface area contributed by atoms with Crippen LogP contribution in [-0.4, -0.2) is 61.4 Å². The minimum absolute atomic E-state index is 0.0715. The average molecular weight is 233 g/mol. The highest BCUT2D eigenvalue weighted by molar-refractivity contribution is 5.96. The SMILES string of the molecule is COCCN(CCO)C(C)C(=O)NC(N)=O. The first-order valence-electron chi connectivity index (χ1n) is 4.97. The zero-order valence-electron chi connectivity index (χ0n) is 9.60. The molecule has 0 saturated heterocycles. The number of aliphatic hydroxyl groups is 1. The summed E-state index contributed by atoms with van der Waals surface area (Å²) in [6, 6.07) is -1.43. The van der Waals surface area contributed by atoms with Gasteiger partial charge in [-0.05, 0) is 6.92 Å². The van der Waals surface area contributed by atoms with Crippen molar-refractivity contribution in [3.05, 3.63) is 0 Å². The largest absolute Gasteiger partial charge is 0.395 e. The number of rotatable bonds is 7. The number of aliphatic hydroxyl groups excluding tert-OH is 1. The van der Waals surface area contributed by atoms with Crippen LogP contribution in [0.3, 0.4) is 0 Å². The number of primary amides is 1. The first kappa shape index (κ1) is 14.8. The van der Waals surface area contributed by atoms with E-state index in [-0.39, 0.29) is 6.61 Å². The molecule has 1 unspecified atom stereocenters. The Morgan fingerprint density at radius 1 is 1.50 bits per heavy atom. The second-order valence-corrected chi connectivity index (χ2v) is 3.28. The summed E-state index contributed by atoms with van der Waals surface area (Å²) >= 11 is 0. The number of carbonyl (C=O) groups is 2. The monoisotopic (exact) mass is 233 g/mol. The van der Waals surface area contributed by atoms with E-state index in [1.807, 2.05) is 5.32 Å². The fraction of sp³-hybridized carbons (Fsp3) is 0.778. The molecule has 0 aromatic carbocycles. The summed E-state index contributed by atoms with van der Waals surface area (Å²) in [7, 11) is 1.55. The van der Waals surface area contributed by atoms with Gasteiger partial charge in [0.25, 0.3) is 0 Å². The number of methoxy groups -OCH3 is 1. The minimum atomic E-state index is -0.882. The van der Waals surface area contributed by atoms with Crippen molar-refractivity contribution < 1.29 is 19.4 Å². The molecule has 0 spiro atoms. The van der Waals surface area contributed by atoms with Gasteiger partial charge in [0, 0.05) is 20.2 Å². The molecule has 3 amide bonds. The van der Waals surface area contributed by atoms with Gasteiger partial charge < -0.3 is 15.6 Å². The molecule has 0 heterocycles. The highest BCUT2D eigenvalue weighted by atomic mass is 16.5. The summed E-state index contributed by atoms with van der Waals surface area (Å²) in [5.74, 6) is -0.489. The number of amides is 3. The number of carbonyl (C=O) groups excluding carboxylic acids is 2. The maximum absolute atomic E-state index is 11.5. The van der Waals surface area contributed by atoms with Crippen LogP contribution in [0.4, 0.5) is 4.79 Å². The van der Waals surface area contributed by atoms with Crippen molar-refractivity contribution in [1.29, 1.82) is 0 Å². The van der Waals surface area contributed by atoms with Gasteiger partial charge >= 0.3 is 6.03 Å². The van der Waals surface area contributed by atoms with Crippen LogP contribution in [0.5, 0.6) is 0 Å². The van der Waals surface area contributed by atoms with Gasteiger partial charge in [-0.2, -0.15) is 0 Å². The molecule has 1 atom stereocenters. The van der Waals surface area contributed by atoms with Crippen LogP contribution in [0.25, 0.3) is 0 Å².